The molecular formula is C21H25NO2Si2. The summed E-state index contributed by atoms with van der Waals surface area (Å²) in [6.07, 6.45) is 5.39. The number of carbonyl (C=O) groups is 1. The third-order valence-corrected chi connectivity index (χ3v) is 13.4. The van der Waals surface area contributed by atoms with Crippen LogP contribution in [0.15, 0.2) is 30.3 Å². The smallest absolute Gasteiger partial charge is 0.248 e. The predicted octanol–water partition coefficient (Wildman–Crippen LogP) is 3.18. The predicted molar refractivity (Wildman–Crippen MR) is 113 cm³/mol. The lowest BCUT2D eigenvalue weighted by Gasteiger charge is -2.24. The van der Waals surface area contributed by atoms with Gasteiger partial charge in [0.25, 0.3) is 0 Å². The highest BCUT2D eigenvalue weighted by Crippen LogP contribution is 2.36. The molecule has 2 aromatic carbocycles. The summed E-state index contributed by atoms with van der Waals surface area (Å²) in [6.45, 7) is 11.0. The molecule has 1 amide bonds. The van der Waals surface area contributed by atoms with Crippen molar-refractivity contribution in [2.24, 2.45) is 5.73 Å². The zero-order valence-corrected chi connectivity index (χ0v) is 18.1. The molecule has 0 fully saturated rings. The Bertz CT molecular complexity index is 990. The van der Waals surface area contributed by atoms with E-state index in [1.165, 1.54) is 32.6 Å². The lowest BCUT2D eigenvalue weighted by molar-refractivity contribution is 0.1000. The van der Waals surface area contributed by atoms with Gasteiger partial charge < -0.3 is 9.85 Å². The largest absolute Gasteiger partial charge is 0.449 e. The molecule has 134 valence electrons. The van der Waals surface area contributed by atoms with Crippen molar-refractivity contribution in [1.29, 1.82) is 0 Å². The van der Waals surface area contributed by atoms with Crippen LogP contribution in [0, 0.1) is 6.92 Å². The van der Waals surface area contributed by atoms with Crippen molar-refractivity contribution in [1.82, 2.24) is 0 Å². The Morgan fingerprint density at radius 1 is 1.15 bits per heavy atom. The van der Waals surface area contributed by atoms with E-state index in [2.05, 4.69) is 56.5 Å². The molecule has 0 radical (unpaired) electrons. The number of primary amides is 1. The van der Waals surface area contributed by atoms with Gasteiger partial charge in [-0.25, -0.2) is 0 Å². The quantitative estimate of drug-likeness (QED) is 0.815. The highest BCUT2D eigenvalue weighted by molar-refractivity contribution is 7.06. The lowest BCUT2D eigenvalue weighted by Crippen LogP contribution is -2.46. The number of hydrogen-bond acceptors (Lipinski definition) is 2. The van der Waals surface area contributed by atoms with Crippen LogP contribution in [-0.2, 0) is 10.5 Å². The minimum Gasteiger partial charge on any atom is -0.449 e. The van der Waals surface area contributed by atoms with Crippen molar-refractivity contribution in [3.05, 3.63) is 52.6 Å². The molecule has 3 nitrogen and oxygen atoms in total. The summed E-state index contributed by atoms with van der Waals surface area (Å²) in [4.78, 5) is 12.2. The number of benzene rings is 2. The first-order valence-electron chi connectivity index (χ1n) is 9.11. The second-order valence-corrected chi connectivity index (χ2v) is 16.2. The Kier molecular flexibility index (Phi) is 3.71. The van der Waals surface area contributed by atoms with Crippen LogP contribution >= 0.6 is 0 Å². The van der Waals surface area contributed by atoms with Crippen LogP contribution in [0.25, 0.3) is 17.2 Å². The van der Waals surface area contributed by atoms with Crippen molar-refractivity contribution in [3.8, 4) is 11.1 Å². The molecular weight excluding hydrogens is 354 g/mol. The number of rotatable bonds is 2. The van der Waals surface area contributed by atoms with Crippen LogP contribution in [0.1, 0.15) is 27.0 Å². The number of hydrogen-bond donors (Lipinski definition) is 1. The van der Waals surface area contributed by atoms with Gasteiger partial charge in [0.1, 0.15) is 0 Å². The highest BCUT2D eigenvalue weighted by Gasteiger charge is 2.49. The third kappa shape index (κ3) is 2.38. The molecule has 0 aromatic heterocycles. The average molecular weight is 380 g/mol. The van der Waals surface area contributed by atoms with E-state index in [0.717, 1.165) is 12.0 Å². The van der Waals surface area contributed by atoms with Gasteiger partial charge >= 0.3 is 0 Å². The number of allylic oxidation sites excluding steroid dienone is 1. The molecule has 2 aliphatic rings. The minimum absolute atomic E-state index is 0.356. The summed E-state index contributed by atoms with van der Waals surface area (Å²) in [5, 5.41) is 2.62. The Morgan fingerprint density at radius 2 is 1.88 bits per heavy atom. The molecule has 0 saturated carbocycles. The van der Waals surface area contributed by atoms with Crippen molar-refractivity contribution in [2.45, 2.75) is 39.5 Å². The van der Waals surface area contributed by atoms with E-state index < -0.39 is 16.6 Å². The molecule has 1 aliphatic carbocycles. The molecule has 1 aliphatic heterocycles. The summed E-state index contributed by atoms with van der Waals surface area (Å²) in [7, 11) is -4.11. The fourth-order valence-corrected chi connectivity index (χ4v) is 15.3. The van der Waals surface area contributed by atoms with Crippen LogP contribution in [0.5, 0.6) is 0 Å². The van der Waals surface area contributed by atoms with Crippen molar-refractivity contribution in [3.63, 3.8) is 0 Å². The normalized spacial score (nSPS) is 18.7. The zero-order valence-electron chi connectivity index (χ0n) is 16.1. The summed E-state index contributed by atoms with van der Waals surface area (Å²) >= 11 is 0. The maximum Gasteiger partial charge on any atom is 0.248 e. The first kappa shape index (κ1) is 17.5. The standard InChI is InChI=1S/C21H25NO2Si2/c1-13-17(21(22)23)12-18-20(26(4,5)24-25(18,2)3)19(13)16-11-7-9-14-8-6-10-15(14)16/h6-7,9-12H,8H2,1-5H3,(H2,22,23). The molecule has 0 atom stereocenters. The lowest BCUT2D eigenvalue weighted by atomic mass is 9.91. The monoisotopic (exact) mass is 379 g/mol. The van der Waals surface area contributed by atoms with E-state index in [-0.39, 0.29) is 5.91 Å². The van der Waals surface area contributed by atoms with E-state index in [4.69, 9.17) is 9.85 Å². The fourth-order valence-electron chi connectivity index (χ4n) is 4.73. The molecule has 5 heteroatoms. The maximum absolute atomic E-state index is 12.2. The van der Waals surface area contributed by atoms with Gasteiger partial charge in [-0.3, -0.25) is 4.79 Å². The van der Waals surface area contributed by atoms with E-state index in [1.807, 2.05) is 13.0 Å². The molecule has 0 spiro atoms. The van der Waals surface area contributed by atoms with Crippen molar-refractivity contribution < 1.29 is 8.91 Å². The number of nitrogens with two attached hydrogens (primary N) is 1. The Morgan fingerprint density at radius 3 is 2.58 bits per heavy atom. The second kappa shape index (κ2) is 5.52. The van der Waals surface area contributed by atoms with Gasteiger partial charge in [0.2, 0.25) is 22.5 Å². The highest BCUT2D eigenvalue weighted by atomic mass is 28.4. The molecule has 2 N–H and O–H groups in total. The number of carbonyl (C=O) groups excluding carboxylic acids is 1. The maximum atomic E-state index is 12.2. The Labute approximate surface area is 157 Å². The number of fused-ring (bicyclic) bond motifs is 2. The average Bonchev–Trinajstić information content (AvgIpc) is 3.07. The van der Waals surface area contributed by atoms with Crippen LogP contribution in [0.4, 0.5) is 0 Å². The van der Waals surface area contributed by atoms with Gasteiger partial charge in [0.15, 0.2) is 0 Å². The SMILES string of the molecule is Cc1c(C(N)=O)cc2c(c1-c1cccc3c1C=CC3)[Si](C)(C)O[Si]2(C)C. The van der Waals surface area contributed by atoms with Crippen LogP contribution < -0.4 is 16.1 Å². The van der Waals surface area contributed by atoms with E-state index in [1.54, 1.807) is 0 Å². The van der Waals surface area contributed by atoms with Gasteiger partial charge in [0.05, 0.1) is 0 Å². The molecule has 0 unspecified atom stereocenters. The van der Waals surface area contributed by atoms with E-state index >= 15 is 0 Å². The van der Waals surface area contributed by atoms with E-state index in [9.17, 15) is 4.79 Å². The molecule has 1 heterocycles. The molecule has 0 bridgehead atoms. The summed E-state index contributed by atoms with van der Waals surface area (Å²) < 4.78 is 6.69. The van der Waals surface area contributed by atoms with Crippen LogP contribution in [0.2, 0.25) is 26.2 Å². The molecule has 26 heavy (non-hydrogen) atoms. The third-order valence-electron chi connectivity index (χ3n) is 5.70. The van der Waals surface area contributed by atoms with Crippen LogP contribution in [0.3, 0.4) is 0 Å². The van der Waals surface area contributed by atoms with Crippen molar-refractivity contribution in [2.75, 3.05) is 0 Å². The van der Waals surface area contributed by atoms with Gasteiger partial charge in [0, 0.05) is 5.56 Å². The summed E-state index contributed by atoms with van der Waals surface area (Å²) in [5.41, 5.74) is 12.4. The van der Waals surface area contributed by atoms with Gasteiger partial charge in [-0.15, -0.1) is 0 Å². The van der Waals surface area contributed by atoms with Crippen LogP contribution in [-0.4, -0.2) is 22.5 Å². The van der Waals surface area contributed by atoms with Gasteiger partial charge in [-0.05, 0) is 83.8 Å². The Balaban J connectivity index is 2.16. The number of amides is 1. The Hall–Kier alpha value is -1.96. The fraction of sp³-hybridized carbons (Fsp3) is 0.286. The molecule has 4 rings (SSSR count). The first-order valence-corrected chi connectivity index (χ1v) is 14.9. The minimum atomic E-state index is -2.06. The topological polar surface area (TPSA) is 52.3 Å². The molecule has 2 aromatic rings. The van der Waals surface area contributed by atoms with E-state index in [0.29, 0.717) is 5.56 Å². The first-order chi connectivity index (χ1) is 12.1. The zero-order chi connectivity index (χ0) is 18.9. The summed E-state index contributed by atoms with van der Waals surface area (Å²) in [6, 6.07) is 8.52. The van der Waals surface area contributed by atoms with Gasteiger partial charge in [-0.2, -0.15) is 0 Å². The molecule has 0 saturated heterocycles. The van der Waals surface area contributed by atoms with Gasteiger partial charge in [-0.1, -0.05) is 30.4 Å². The van der Waals surface area contributed by atoms with Crippen molar-refractivity contribution >= 4 is 39.0 Å². The summed E-state index contributed by atoms with van der Waals surface area (Å²) in [5.74, 6) is -0.356. The second-order valence-electron chi connectivity index (χ2n) is 8.32.